The van der Waals surface area contributed by atoms with Gasteiger partial charge in [0.05, 0.1) is 33.5 Å². The summed E-state index contributed by atoms with van der Waals surface area (Å²) >= 11 is 6.64. The molecule has 11 nitrogen and oxygen atoms in total. The standard InChI is InChI=1S/C34H33ClN8O3/c1-33(2,3)18-38-28-20(15-36)16-37-29-25(28)10-21(11-26(29)35)39-32(45)46-30(27-17-43(41-40-27)34-12-19(13-34)14-34)23-6-5-7-24-22(23)8-9-42(4)31(24)44/h5-11,16-17,19,30H,12-14,18H2,1-4H3,(H,37,38)(H,39,45). The summed E-state index contributed by atoms with van der Waals surface area (Å²) in [5, 5.41) is 26.9. The lowest BCUT2D eigenvalue weighted by Crippen LogP contribution is -2.59. The van der Waals surface area contributed by atoms with E-state index >= 15 is 0 Å². The van der Waals surface area contributed by atoms with Crippen molar-refractivity contribution in [3.63, 3.8) is 0 Å². The molecule has 5 aromatic rings. The first-order valence-corrected chi connectivity index (χ1v) is 15.6. The third-order valence-corrected chi connectivity index (χ3v) is 9.31. The van der Waals surface area contributed by atoms with Crippen LogP contribution in [0.3, 0.4) is 0 Å². The van der Waals surface area contributed by atoms with Gasteiger partial charge in [-0.2, -0.15) is 5.26 Å². The van der Waals surface area contributed by atoms with Crippen LogP contribution >= 0.6 is 11.6 Å². The predicted molar refractivity (Wildman–Crippen MR) is 176 cm³/mol. The molecule has 234 valence electrons. The van der Waals surface area contributed by atoms with Crippen molar-refractivity contribution in [3.05, 3.63) is 87.2 Å². The summed E-state index contributed by atoms with van der Waals surface area (Å²) in [6.07, 6.45) is 6.54. The van der Waals surface area contributed by atoms with E-state index in [4.69, 9.17) is 16.3 Å². The van der Waals surface area contributed by atoms with E-state index in [9.17, 15) is 14.9 Å². The lowest BCUT2D eigenvalue weighted by molar-refractivity contribution is -0.0989. The van der Waals surface area contributed by atoms with Gasteiger partial charge in [-0.25, -0.2) is 9.48 Å². The van der Waals surface area contributed by atoms with Crippen molar-refractivity contribution in [2.45, 2.75) is 51.7 Å². The minimum Gasteiger partial charge on any atom is -0.434 e. The molecule has 3 heterocycles. The Morgan fingerprint density at radius 2 is 1.98 bits per heavy atom. The molecule has 0 spiro atoms. The van der Waals surface area contributed by atoms with E-state index in [0.717, 1.165) is 25.2 Å². The van der Waals surface area contributed by atoms with E-state index in [-0.39, 0.29) is 16.5 Å². The van der Waals surface area contributed by atoms with E-state index in [1.165, 1.54) is 10.8 Å². The van der Waals surface area contributed by atoms with Gasteiger partial charge in [0.15, 0.2) is 6.10 Å². The van der Waals surface area contributed by atoms with Crippen LogP contribution in [0.2, 0.25) is 5.02 Å². The van der Waals surface area contributed by atoms with Crippen molar-refractivity contribution in [2.24, 2.45) is 18.4 Å². The molecule has 3 aliphatic rings. The van der Waals surface area contributed by atoms with Gasteiger partial charge < -0.3 is 14.6 Å². The third-order valence-electron chi connectivity index (χ3n) is 9.02. The molecule has 3 fully saturated rings. The van der Waals surface area contributed by atoms with Crippen LogP contribution < -0.4 is 16.2 Å². The minimum atomic E-state index is -0.955. The van der Waals surface area contributed by atoms with Crippen LogP contribution in [0.1, 0.15) is 63.0 Å². The highest BCUT2D eigenvalue weighted by atomic mass is 35.5. The third kappa shape index (κ3) is 5.12. The maximum atomic E-state index is 13.6. The molecular weight excluding hydrogens is 604 g/mol. The molecule has 0 radical (unpaired) electrons. The SMILES string of the molecule is Cn1ccc2c(C(OC(=O)Nc3cc(Cl)c4ncc(C#N)c(NCC(C)(C)C)c4c3)c3cn(C45CC(C4)C5)nn3)cccc2c1=O. The second kappa shape index (κ2) is 10.8. The lowest BCUT2D eigenvalue weighted by atomic mass is 9.50. The average molecular weight is 637 g/mol. The number of amides is 1. The number of benzene rings is 2. The number of aromatic nitrogens is 5. The summed E-state index contributed by atoms with van der Waals surface area (Å²) in [5.41, 5.74) is 2.65. The average Bonchev–Trinajstić information content (AvgIpc) is 3.43. The zero-order valence-electron chi connectivity index (χ0n) is 26.0. The Bertz CT molecular complexity index is 2120. The van der Waals surface area contributed by atoms with E-state index in [2.05, 4.69) is 52.8 Å². The molecular formula is C34H33ClN8O3. The fourth-order valence-corrected chi connectivity index (χ4v) is 6.74. The van der Waals surface area contributed by atoms with Crippen molar-refractivity contribution >= 4 is 50.7 Å². The molecule has 3 aliphatic carbocycles. The number of carbonyl (C=O) groups excluding carboxylic acids is 1. The molecule has 1 atom stereocenters. The molecule has 2 aromatic carbocycles. The van der Waals surface area contributed by atoms with Gasteiger partial charge in [-0.3, -0.25) is 15.1 Å². The number of nitriles is 1. The molecule has 3 aromatic heterocycles. The van der Waals surface area contributed by atoms with E-state index in [0.29, 0.717) is 61.4 Å². The maximum absolute atomic E-state index is 13.6. The number of nitrogens with one attached hydrogen (secondary N) is 2. The molecule has 8 rings (SSSR count). The molecule has 2 N–H and O–H groups in total. The lowest BCUT2D eigenvalue weighted by Gasteiger charge is -2.61. The van der Waals surface area contributed by atoms with E-state index in [1.807, 2.05) is 23.0 Å². The van der Waals surface area contributed by atoms with Crippen LogP contribution in [0.15, 0.2) is 59.8 Å². The highest BCUT2D eigenvalue weighted by Crippen LogP contribution is 2.62. The number of nitrogens with zero attached hydrogens (tertiary/aromatic N) is 6. The van der Waals surface area contributed by atoms with Gasteiger partial charge >= 0.3 is 6.09 Å². The second-order valence-corrected chi connectivity index (χ2v) is 14.1. The van der Waals surface area contributed by atoms with E-state index in [1.54, 1.807) is 37.5 Å². The Labute approximate surface area is 270 Å². The monoisotopic (exact) mass is 636 g/mol. The number of hydrogen-bond donors (Lipinski definition) is 2. The Balaban J connectivity index is 1.24. The number of carbonyl (C=O) groups is 1. The number of aryl methyl sites for hydroxylation is 1. The van der Waals surface area contributed by atoms with Gasteiger partial charge in [0.1, 0.15) is 11.8 Å². The smallest absolute Gasteiger partial charge is 0.412 e. The molecule has 3 saturated carbocycles. The van der Waals surface area contributed by atoms with Crippen LogP contribution in [-0.2, 0) is 17.3 Å². The van der Waals surface area contributed by atoms with Crippen molar-refractivity contribution in [1.82, 2.24) is 24.5 Å². The molecule has 0 aliphatic heterocycles. The second-order valence-electron chi connectivity index (χ2n) is 13.7. The molecule has 1 unspecified atom stereocenters. The Morgan fingerprint density at radius 3 is 2.67 bits per heavy atom. The summed E-state index contributed by atoms with van der Waals surface area (Å²) in [5.74, 6) is 0.747. The Hall–Kier alpha value is -4.95. The highest BCUT2D eigenvalue weighted by molar-refractivity contribution is 6.36. The fourth-order valence-electron chi connectivity index (χ4n) is 6.47. The van der Waals surface area contributed by atoms with Gasteiger partial charge in [0, 0.05) is 48.0 Å². The summed E-state index contributed by atoms with van der Waals surface area (Å²) in [6, 6.07) is 12.7. The summed E-state index contributed by atoms with van der Waals surface area (Å²) in [6.45, 7) is 6.85. The number of rotatable bonds is 7. The van der Waals surface area contributed by atoms with Crippen LogP contribution in [-0.4, -0.2) is 37.2 Å². The minimum absolute atomic E-state index is 0.00564. The van der Waals surface area contributed by atoms with Crippen LogP contribution in [0.5, 0.6) is 0 Å². The van der Waals surface area contributed by atoms with Gasteiger partial charge in [-0.15, -0.1) is 5.10 Å². The fraction of sp³-hybridized carbons (Fsp3) is 0.353. The molecule has 46 heavy (non-hydrogen) atoms. The number of ether oxygens (including phenoxy) is 1. The maximum Gasteiger partial charge on any atom is 0.412 e. The molecule has 2 bridgehead atoms. The largest absolute Gasteiger partial charge is 0.434 e. The highest BCUT2D eigenvalue weighted by Gasteiger charge is 2.59. The van der Waals surface area contributed by atoms with Crippen LogP contribution in [0.4, 0.5) is 16.2 Å². The van der Waals surface area contributed by atoms with Crippen LogP contribution in [0, 0.1) is 22.7 Å². The van der Waals surface area contributed by atoms with Crippen molar-refractivity contribution in [3.8, 4) is 6.07 Å². The first-order valence-electron chi connectivity index (χ1n) is 15.2. The van der Waals surface area contributed by atoms with Crippen LogP contribution in [0.25, 0.3) is 21.7 Å². The van der Waals surface area contributed by atoms with Crippen molar-refractivity contribution in [2.75, 3.05) is 17.2 Å². The van der Waals surface area contributed by atoms with Crippen molar-refractivity contribution < 1.29 is 9.53 Å². The number of fused-ring (bicyclic) bond motifs is 2. The predicted octanol–water partition coefficient (Wildman–Crippen LogP) is 6.51. The number of hydrogen-bond acceptors (Lipinski definition) is 8. The first-order chi connectivity index (χ1) is 21.9. The Kier molecular flexibility index (Phi) is 7.01. The normalized spacial score (nSPS) is 19.2. The molecule has 0 saturated heterocycles. The topological polar surface area (TPSA) is 140 Å². The van der Waals surface area contributed by atoms with Gasteiger partial charge in [0.25, 0.3) is 5.56 Å². The van der Waals surface area contributed by atoms with Gasteiger partial charge in [-0.1, -0.05) is 49.7 Å². The van der Waals surface area contributed by atoms with Gasteiger partial charge in [0.2, 0.25) is 0 Å². The summed E-state index contributed by atoms with van der Waals surface area (Å²) in [7, 11) is 1.69. The molecule has 1 amide bonds. The Morgan fingerprint density at radius 1 is 1.20 bits per heavy atom. The van der Waals surface area contributed by atoms with Gasteiger partial charge in [-0.05, 0) is 60.2 Å². The first kappa shape index (κ1) is 29.7. The molecule has 12 heteroatoms. The summed E-state index contributed by atoms with van der Waals surface area (Å²) < 4.78 is 9.52. The van der Waals surface area contributed by atoms with E-state index < -0.39 is 12.2 Å². The summed E-state index contributed by atoms with van der Waals surface area (Å²) in [4.78, 5) is 31.0. The number of anilines is 2. The zero-order valence-corrected chi connectivity index (χ0v) is 26.7. The zero-order chi connectivity index (χ0) is 32.4. The van der Waals surface area contributed by atoms with Crippen molar-refractivity contribution in [1.29, 1.82) is 5.26 Å². The number of halogens is 1. The number of pyridine rings is 2. The quantitative estimate of drug-likeness (QED) is 0.206.